The van der Waals surface area contributed by atoms with Gasteiger partial charge in [-0.1, -0.05) is 12.1 Å². The van der Waals surface area contributed by atoms with Gasteiger partial charge in [0.2, 0.25) is 5.91 Å². The largest absolute Gasteiger partial charge is 0.478 e. The normalized spacial score (nSPS) is 11.3. The van der Waals surface area contributed by atoms with Gasteiger partial charge < -0.3 is 21.1 Å². The molecule has 0 spiro atoms. The van der Waals surface area contributed by atoms with E-state index in [-0.39, 0.29) is 17.2 Å². The lowest BCUT2D eigenvalue weighted by atomic mass is 10.2. The van der Waals surface area contributed by atoms with Crippen LogP contribution >= 0.6 is 0 Å². The molecule has 1 unspecified atom stereocenters. The first-order chi connectivity index (χ1) is 8.95. The highest BCUT2D eigenvalue weighted by molar-refractivity contribution is 6.00. The van der Waals surface area contributed by atoms with Gasteiger partial charge in [0.05, 0.1) is 11.3 Å². The maximum Gasteiger partial charge on any atom is 0.337 e. The smallest absolute Gasteiger partial charge is 0.337 e. The van der Waals surface area contributed by atoms with Crippen molar-refractivity contribution in [2.24, 2.45) is 0 Å². The summed E-state index contributed by atoms with van der Waals surface area (Å²) in [5.41, 5.74) is 0.141. The minimum absolute atomic E-state index is 0.0229. The molecule has 7 heteroatoms. The number of rotatable bonds is 4. The minimum Gasteiger partial charge on any atom is -0.478 e. The number of urea groups is 1. The molecule has 4 N–H and O–H groups in total. The average molecular weight is 265 g/mol. The van der Waals surface area contributed by atoms with Crippen LogP contribution in [0, 0.1) is 0 Å². The van der Waals surface area contributed by atoms with E-state index in [1.165, 1.54) is 26.1 Å². The molecule has 0 aliphatic heterocycles. The summed E-state index contributed by atoms with van der Waals surface area (Å²) in [6.45, 7) is 1.52. The van der Waals surface area contributed by atoms with Gasteiger partial charge >= 0.3 is 12.0 Å². The van der Waals surface area contributed by atoms with Crippen LogP contribution in [-0.4, -0.2) is 36.1 Å². The number of carboxylic acid groups (broad SMARTS) is 1. The summed E-state index contributed by atoms with van der Waals surface area (Å²) in [5.74, 6) is -1.49. The maximum atomic E-state index is 11.6. The molecule has 0 bridgehead atoms. The third-order valence-electron chi connectivity index (χ3n) is 2.39. The number of carbonyl (C=O) groups excluding carboxylic acids is 2. The van der Waals surface area contributed by atoms with E-state index in [1.807, 2.05) is 0 Å². The fourth-order valence-corrected chi connectivity index (χ4v) is 1.42. The maximum absolute atomic E-state index is 11.6. The van der Waals surface area contributed by atoms with Crippen LogP contribution in [-0.2, 0) is 4.79 Å². The number of hydrogen-bond acceptors (Lipinski definition) is 3. The van der Waals surface area contributed by atoms with Gasteiger partial charge in [0.1, 0.15) is 6.04 Å². The molecule has 1 atom stereocenters. The number of aromatic carboxylic acids is 1. The summed E-state index contributed by atoms with van der Waals surface area (Å²) in [5, 5.41) is 16.1. The Morgan fingerprint density at radius 1 is 1.21 bits per heavy atom. The molecule has 0 saturated heterocycles. The van der Waals surface area contributed by atoms with E-state index >= 15 is 0 Å². The fraction of sp³-hybridized carbons (Fsp3) is 0.250. The average Bonchev–Trinajstić information content (AvgIpc) is 2.37. The van der Waals surface area contributed by atoms with Crippen LogP contribution in [0.4, 0.5) is 10.5 Å². The van der Waals surface area contributed by atoms with Crippen LogP contribution in [0.1, 0.15) is 17.3 Å². The zero-order valence-electron chi connectivity index (χ0n) is 10.6. The van der Waals surface area contributed by atoms with Gasteiger partial charge in [-0.2, -0.15) is 0 Å². The quantitative estimate of drug-likeness (QED) is 0.640. The predicted molar refractivity (Wildman–Crippen MR) is 69.1 cm³/mol. The Morgan fingerprint density at radius 2 is 1.84 bits per heavy atom. The highest BCUT2D eigenvalue weighted by Crippen LogP contribution is 2.14. The number of benzene rings is 1. The van der Waals surface area contributed by atoms with Crippen LogP contribution in [0.3, 0.4) is 0 Å². The van der Waals surface area contributed by atoms with E-state index in [9.17, 15) is 14.4 Å². The first-order valence-electron chi connectivity index (χ1n) is 5.57. The van der Waals surface area contributed by atoms with Crippen molar-refractivity contribution in [3.63, 3.8) is 0 Å². The van der Waals surface area contributed by atoms with Crippen molar-refractivity contribution in [1.29, 1.82) is 0 Å². The Hall–Kier alpha value is -2.57. The second kappa shape index (κ2) is 6.39. The van der Waals surface area contributed by atoms with Gasteiger partial charge in [-0.15, -0.1) is 0 Å². The van der Waals surface area contributed by atoms with Gasteiger partial charge in [0.25, 0.3) is 0 Å². The van der Waals surface area contributed by atoms with E-state index in [2.05, 4.69) is 16.0 Å². The summed E-state index contributed by atoms with van der Waals surface area (Å²) in [6.07, 6.45) is 0. The third-order valence-corrected chi connectivity index (χ3v) is 2.39. The molecule has 1 aromatic carbocycles. The Bertz CT molecular complexity index is 502. The van der Waals surface area contributed by atoms with Gasteiger partial charge in [-0.05, 0) is 19.1 Å². The number of carbonyl (C=O) groups is 3. The van der Waals surface area contributed by atoms with Crippen molar-refractivity contribution >= 4 is 23.6 Å². The lowest BCUT2D eigenvalue weighted by molar-refractivity contribution is -0.122. The Labute approximate surface area is 110 Å². The molecule has 0 radical (unpaired) electrons. The lowest BCUT2D eigenvalue weighted by Crippen LogP contribution is -2.45. The van der Waals surface area contributed by atoms with Crippen molar-refractivity contribution in [2.45, 2.75) is 13.0 Å². The highest BCUT2D eigenvalue weighted by Gasteiger charge is 2.16. The monoisotopic (exact) mass is 265 g/mol. The molecule has 102 valence electrons. The minimum atomic E-state index is -1.14. The lowest BCUT2D eigenvalue weighted by Gasteiger charge is -2.14. The topological polar surface area (TPSA) is 108 Å². The van der Waals surface area contributed by atoms with E-state index in [4.69, 9.17) is 5.11 Å². The number of amides is 3. The van der Waals surface area contributed by atoms with Crippen LogP contribution in [0.5, 0.6) is 0 Å². The van der Waals surface area contributed by atoms with Crippen LogP contribution in [0.15, 0.2) is 24.3 Å². The molecule has 3 amide bonds. The molecule has 0 aliphatic carbocycles. The Morgan fingerprint density at radius 3 is 2.42 bits per heavy atom. The van der Waals surface area contributed by atoms with E-state index < -0.39 is 18.0 Å². The van der Waals surface area contributed by atoms with Crippen molar-refractivity contribution in [2.75, 3.05) is 12.4 Å². The molecule has 0 aromatic heterocycles. The number of likely N-dealkylation sites (N-methyl/N-ethyl adjacent to an activating group) is 1. The number of para-hydroxylation sites is 1. The third kappa shape index (κ3) is 3.98. The van der Waals surface area contributed by atoms with Crippen LogP contribution < -0.4 is 16.0 Å². The number of nitrogens with one attached hydrogen (secondary N) is 3. The summed E-state index contributed by atoms with van der Waals surface area (Å²) >= 11 is 0. The fourth-order valence-electron chi connectivity index (χ4n) is 1.42. The highest BCUT2D eigenvalue weighted by atomic mass is 16.4. The number of carboxylic acids is 1. The zero-order chi connectivity index (χ0) is 14.4. The summed E-state index contributed by atoms with van der Waals surface area (Å²) in [4.78, 5) is 33.8. The predicted octanol–water partition coefficient (Wildman–Crippen LogP) is 0.641. The molecular weight excluding hydrogens is 250 g/mol. The second-order valence-electron chi connectivity index (χ2n) is 3.79. The number of hydrogen-bond donors (Lipinski definition) is 4. The van der Waals surface area contributed by atoms with Gasteiger partial charge in [0, 0.05) is 7.05 Å². The molecule has 0 fully saturated rings. The standard InChI is InChI=1S/C12H15N3O4/c1-7(10(16)13-2)14-12(19)15-9-6-4-3-5-8(9)11(17)18/h3-7H,1-2H3,(H,13,16)(H,17,18)(H2,14,15,19). The van der Waals surface area contributed by atoms with Crippen LogP contribution in [0.25, 0.3) is 0 Å². The second-order valence-corrected chi connectivity index (χ2v) is 3.79. The molecule has 1 rings (SSSR count). The molecule has 1 aromatic rings. The Balaban J connectivity index is 2.72. The van der Waals surface area contributed by atoms with Crippen molar-refractivity contribution < 1.29 is 19.5 Å². The van der Waals surface area contributed by atoms with E-state index in [0.29, 0.717) is 0 Å². The molecule has 7 nitrogen and oxygen atoms in total. The van der Waals surface area contributed by atoms with E-state index in [0.717, 1.165) is 0 Å². The summed E-state index contributed by atoms with van der Waals surface area (Å²) < 4.78 is 0. The molecule has 19 heavy (non-hydrogen) atoms. The first kappa shape index (κ1) is 14.5. The SMILES string of the molecule is CNC(=O)C(C)NC(=O)Nc1ccccc1C(=O)O. The van der Waals surface area contributed by atoms with Gasteiger partial charge in [0.15, 0.2) is 0 Å². The molecular formula is C12H15N3O4. The number of anilines is 1. The molecule has 0 aliphatic rings. The summed E-state index contributed by atoms with van der Waals surface area (Å²) in [6, 6.07) is 4.63. The van der Waals surface area contributed by atoms with Gasteiger partial charge in [-0.3, -0.25) is 4.79 Å². The van der Waals surface area contributed by atoms with Crippen molar-refractivity contribution in [3.8, 4) is 0 Å². The van der Waals surface area contributed by atoms with Crippen LogP contribution in [0.2, 0.25) is 0 Å². The van der Waals surface area contributed by atoms with Crippen molar-refractivity contribution in [1.82, 2.24) is 10.6 Å². The van der Waals surface area contributed by atoms with Gasteiger partial charge in [-0.25, -0.2) is 9.59 Å². The zero-order valence-corrected chi connectivity index (χ0v) is 10.6. The van der Waals surface area contributed by atoms with E-state index in [1.54, 1.807) is 12.1 Å². The Kier molecular flexibility index (Phi) is 4.87. The first-order valence-corrected chi connectivity index (χ1v) is 5.57. The molecule has 0 saturated carbocycles. The van der Waals surface area contributed by atoms with Crippen molar-refractivity contribution in [3.05, 3.63) is 29.8 Å². The molecule has 0 heterocycles. The summed E-state index contributed by atoms with van der Waals surface area (Å²) in [7, 11) is 1.46.